The van der Waals surface area contributed by atoms with Crippen LogP contribution in [-0.4, -0.2) is 37.9 Å². The number of rotatable bonds is 38. The molecule has 0 rings (SSSR count). The smallest absolute Gasteiger partial charge is 0.309 e. The van der Waals surface area contributed by atoms with E-state index in [1.807, 2.05) is 12.2 Å². The number of allylic oxidation sites excluding steroid dienone is 11. The van der Waals surface area contributed by atoms with Crippen molar-refractivity contribution in [3.05, 3.63) is 72.9 Å². The van der Waals surface area contributed by atoms with E-state index in [-0.39, 0.29) is 31.6 Å². The van der Waals surface area contributed by atoms with E-state index in [1.165, 1.54) is 83.5 Å². The standard InChI is InChI=1S/C47H80O5/c1-4-7-10-13-16-19-22-23-24-25-27-28-31-34-37-40-46(48)51-44-45(43-50-42-39-36-33-30-21-18-15-12-9-6-3)52-47(49)41-38-35-32-29-26-20-17-14-11-8-5-2/h7,10,14,16-17,19,23-24,27-28,34,37,45H,4-6,8-9,11-13,15,18,20-22,25-26,29-33,35-36,38-44H2,1-3H3/b10-7-,17-14-,19-16-,24-23-,28-27-,37-34-. The van der Waals surface area contributed by atoms with Gasteiger partial charge in [0.25, 0.3) is 0 Å². The Labute approximate surface area is 321 Å². The van der Waals surface area contributed by atoms with Crippen molar-refractivity contribution in [2.45, 2.75) is 194 Å². The topological polar surface area (TPSA) is 61.8 Å². The van der Waals surface area contributed by atoms with Crippen LogP contribution in [0.5, 0.6) is 0 Å². The summed E-state index contributed by atoms with van der Waals surface area (Å²) in [6.07, 6.45) is 53.5. The first kappa shape index (κ1) is 49.3. The van der Waals surface area contributed by atoms with E-state index in [0.717, 1.165) is 70.6 Å². The Morgan fingerprint density at radius 3 is 1.52 bits per heavy atom. The minimum atomic E-state index is -0.576. The van der Waals surface area contributed by atoms with Gasteiger partial charge in [0.1, 0.15) is 6.61 Å². The van der Waals surface area contributed by atoms with Crippen LogP contribution >= 0.6 is 0 Å². The second-order valence-corrected chi connectivity index (χ2v) is 13.9. The molecule has 0 N–H and O–H groups in total. The van der Waals surface area contributed by atoms with E-state index in [9.17, 15) is 9.59 Å². The molecule has 0 aromatic heterocycles. The zero-order chi connectivity index (χ0) is 37.8. The van der Waals surface area contributed by atoms with Crippen LogP contribution < -0.4 is 0 Å². The SMILES string of the molecule is CC/C=C\C/C=C\C/C=C\C/C=C\C/C=C\CC(=O)OCC(COCCCCCCCCCCCC)OC(=O)CCCCCCC/C=C\CCCC. The molecule has 298 valence electrons. The van der Waals surface area contributed by atoms with Crippen LogP contribution in [0.1, 0.15) is 188 Å². The second kappa shape index (κ2) is 42.8. The molecule has 1 unspecified atom stereocenters. The van der Waals surface area contributed by atoms with Gasteiger partial charge in [-0.15, -0.1) is 0 Å². The van der Waals surface area contributed by atoms with Crippen LogP contribution in [0.3, 0.4) is 0 Å². The van der Waals surface area contributed by atoms with E-state index >= 15 is 0 Å². The molecule has 5 heteroatoms. The Morgan fingerprint density at radius 1 is 0.462 bits per heavy atom. The van der Waals surface area contributed by atoms with Gasteiger partial charge in [0.2, 0.25) is 0 Å². The average Bonchev–Trinajstić information content (AvgIpc) is 3.14. The molecule has 0 aromatic carbocycles. The summed E-state index contributed by atoms with van der Waals surface area (Å²) < 4.78 is 17.1. The maximum atomic E-state index is 12.7. The van der Waals surface area contributed by atoms with Gasteiger partial charge in [-0.25, -0.2) is 0 Å². The Bertz CT molecular complexity index is 957. The van der Waals surface area contributed by atoms with Gasteiger partial charge in [-0.1, -0.05) is 184 Å². The van der Waals surface area contributed by atoms with Gasteiger partial charge in [0, 0.05) is 13.0 Å². The third-order valence-corrected chi connectivity index (χ3v) is 8.76. The molecule has 52 heavy (non-hydrogen) atoms. The molecule has 0 aliphatic carbocycles. The lowest BCUT2D eigenvalue weighted by Crippen LogP contribution is -2.30. The Kier molecular flexibility index (Phi) is 40.6. The fourth-order valence-electron chi connectivity index (χ4n) is 5.56. The summed E-state index contributed by atoms with van der Waals surface area (Å²) >= 11 is 0. The molecule has 5 nitrogen and oxygen atoms in total. The minimum Gasteiger partial charge on any atom is -0.461 e. The van der Waals surface area contributed by atoms with Crippen molar-refractivity contribution in [2.75, 3.05) is 19.8 Å². The van der Waals surface area contributed by atoms with Crippen LogP contribution in [-0.2, 0) is 23.8 Å². The Morgan fingerprint density at radius 2 is 0.942 bits per heavy atom. The monoisotopic (exact) mass is 725 g/mol. The van der Waals surface area contributed by atoms with E-state index in [4.69, 9.17) is 14.2 Å². The molecule has 0 saturated carbocycles. The van der Waals surface area contributed by atoms with Crippen LogP contribution in [0, 0.1) is 0 Å². The summed E-state index contributed by atoms with van der Waals surface area (Å²) in [7, 11) is 0. The lowest BCUT2D eigenvalue weighted by Gasteiger charge is -2.18. The molecule has 0 heterocycles. The van der Waals surface area contributed by atoms with Crippen molar-refractivity contribution in [1.29, 1.82) is 0 Å². The molecular formula is C47H80O5. The van der Waals surface area contributed by atoms with Gasteiger partial charge in [-0.2, -0.15) is 0 Å². The molecular weight excluding hydrogens is 645 g/mol. The van der Waals surface area contributed by atoms with Crippen LogP contribution in [0.25, 0.3) is 0 Å². The zero-order valence-electron chi connectivity index (χ0n) is 34.1. The summed E-state index contributed by atoms with van der Waals surface area (Å²) in [4.78, 5) is 25.1. The molecule has 0 aromatic rings. The zero-order valence-corrected chi connectivity index (χ0v) is 34.1. The molecule has 0 saturated heterocycles. The van der Waals surface area contributed by atoms with Gasteiger partial charge in [-0.3, -0.25) is 9.59 Å². The molecule has 0 fully saturated rings. The number of carbonyl (C=O) groups is 2. The first-order valence-electron chi connectivity index (χ1n) is 21.5. The van der Waals surface area contributed by atoms with Crippen molar-refractivity contribution >= 4 is 11.9 Å². The highest BCUT2D eigenvalue weighted by atomic mass is 16.6. The van der Waals surface area contributed by atoms with E-state index in [1.54, 1.807) is 0 Å². The van der Waals surface area contributed by atoms with Gasteiger partial charge in [-0.05, 0) is 64.2 Å². The third-order valence-electron chi connectivity index (χ3n) is 8.76. The van der Waals surface area contributed by atoms with E-state index < -0.39 is 6.10 Å². The van der Waals surface area contributed by atoms with Crippen molar-refractivity contribution in [3.63, 3.8) is 0 Å². The molecule has 1 atom stereocenters. The van der Waals surface area contributed by atoms with Crippen molar-refractivity contribution in [1.82, 2.24) is 0 Å². The Hall–Kier alpha value is -2.66. The first-order valence-corrected chi connectivity index (χ1v) is 21.5. The maximum absolute atomic E-state index is 12.7. The number of hydrogen-bond donors (Lipinski definition) is 0. The Balaban J connectivity index is 4.40. The summed E-state index contributed by atoms with van der Waals surface area (Å²) in [5, 5.41) is 0. The molecule has 0 amide bonds. The summed E-state index contributed by atoms with van der Waals surface area (Å²) in [5.41, 5.74) is 0. The van der Waals surface area contributed by atoms with E-state index in [0.29, 0.717) is 13.0 Å². The average molecular weight is 725 g/mol. The highest BCUT2D eigenvalue weighted by Gasteiger charge is 2.17. The molecule has 0 spiro atoms. The van der Waals surface area contributed by atoms with Gasteiger partial charge in [0.05, 0.1) is 13.0 Å². The summed E-state index contributed by atoms with van der Waals surface area (Å²) in [5.74, 6) is -0.558. The number of esters is 2. The summed E-state index contributed by atoms with van der Waals surface area (Å²) in [6, 6.07) is 0. The fourth-order valence-corrected chi connectivity index (χ4v) is 5.56. The largest absolute Gasteiger partial charge is 0.461 e. The van der Waals surface area contributed by atoms with E-state index in [2.05, 4.69) is 81.5 Å². The van der Waals surface area contributed by atoms with Crippen molar-refractivity contribution in [3.8, 4) is 0 Å². The molecule has 0 aliphatic rings. The highest BCUT2D eigenvalue weighted by Crippen LogP contribution is 2.12. The number of unbranched alkanes of at least 4 members (excludes halogenated alkanes) is 16. The molecule has 0 aliphatic heterocycles. The van der Waals surface area contributed by atoms with Crippen LogP contribution in [0.2, 0.25) is 0 Å². The summed E-state index contributed by atoms with van der Waals surface area (Å²) in [6.45, 7) is 7.54. The second-order valence-electron chi connectivity index (χ2n) is 13.9. The normalized spacial score (nSPS) is 12.9. The van der Waals surface area contributed by atoms with Gasteiger partial charge < -0.3 is 14.2 Å². The third kappa shape index (κ3) is 40.1. The minimum absolute atomic E-state index is 0.0269. The number of hydrogen-bond acceptors (Lipinski definition) is 5. The predicted molar refractivity (Wildman–Crippen MR) is 224 cm³/mol. The first-order chi connectivity index (χ1) is 25.6. The molecule has 0 radical (unpaired) electrons. The van der Waals surface area contributed by atoms with Gasteiger partial charge in [0.15, 0.2) is 6.10 Å². The van der Waals surface area contributed by atoms with Crippen molar-refractivity contribution < 1.29 is 23.8 Å². The van der Waals surface area contributed by atoms with Crippen molar-refractivity contribution in [2.24, 2.45) is 0 Å². The lowest BCUT2D eigenvalue weighted by molar-refractivity contribution is -0.162. The highest BCUT2D eigenvalue weighted by molar-refractivity contribution is 5.71. The maximum Gasteiger partial charge on any atom is 0.309 e. The lowest BCUT2D eigenvalue weighted by atomic mass is 10.1. The number of ether oxygens (including phenoxy) is 3. The molecule has 0 bridgehead atoms. The number of carbonyl (C=O) groups excluding carboxylic acids is 2. The van der Waals surface area contributed by atoms with Gasteiger partial charge >= 0.3 is 11.9 Å². The predicted octanol–water partition coefficient (Wildman–Crippen LogP) is 14.0. The van der Waals surface area contributed by atoms with Crippen LogP contribution in [0.15, 0.2) is 72.9 Å². The fraction of sp³-hybridized carbons (Fsp3) is 0.702. The quantitative estimate of drug-likeness (QED) is 0.0360. The van der Waals surface area contributed by atoms with Crippen LogP contribution in [0.4, 0.5) is 0 Å².